The monoisotopic (exact) mass is 304 g/mol. The number of benzene rings is 1. The van der Waals surface area contributed by atoms with Crippen LogP contribution >= 0.6 is 0 Å². The Hall–Kier alpha value is -1.75. The predicted octanol–water partition coefficient (Wildman–Crippen LogP) is 2.42. The molecule has 2 fully saturated rings. The summed E-state index contributed by atoms with van der Waals surface area (Å²) in [5, 5.41) is 5.95. The first-order valence-electron chi connectivity index (χ1n) is 8.07. The van der Waals surface area contributed by atoms with Gasteiger partial charge in [0.2, 0.25) is 0 Å². The van der Waals surface area contributed by atoms with Crippen molar-refractivity contribution in [2.45, 2.75) is 43.7 Å². The minimum atomic E-state index is -0.0830. The van der Waals surface area contributed by atoms with Crippen LogP contribution in [0.3, 0.4) is 0 Å². The first kappa shape index (κ1) is 15.2. The van der Waals surface area contributed by atoms with Gasteiger partial charge in [0.05, 0.1) is 13.2 Å². The first-order chi connectivity index (χ1) is 10.8. The van der Waals surface area contributed by atoms with E-state index in [-0.39, 0.29) is 12.1 Å². The van der Waals surface area contributed by atoms with Crippen LogP contribution in [-0.4, -0.2) is 38.4 Å². The lowest BCUT2D eigenvalue weighted by molar-refractivity contribution is 0.104. The highest BCUT2D eigenvalue weighted by molar-refractivity contribution is 5.75. The van der Waals surface area contributed by atoms with Gasteiger partial charge >= 0.3 is 6.03 Å². The molecule has 22 heavy (non-hydrogen) atoms. The summed E-state index contributed by atoms with van der Waals surface area (Å²) < 4.78 is 10.9. The zero-order valence-corrected chi connectivity index (χ0v) is 13.0. The van der Waals surface area contributed by atoms with Crippen LogP contribution in [0.25, 0.3) is 0 Å². The number of hydrogen-bond acceptors (Lipinski definition) is 3. The van der Waals surface area contributed by atoms with Crippen LogP contribution in [-0.2, 0) is 4.74 Å². The highest BCUT2D eigenvalue weighted by atomic mass is 16.5. The molecule has 5 heteroatoms. The lowest BCUT2D eigenvalue weighted by atomic mass is 10.1. The van der Waals surface area contributed by atoms with Crippen molar-refractivity contribution in [1.29, 1.82) is 0 Å². The van der Waals surface area contributed by atoms with Gasteiger partial charge in [-0.3, -0.25) is 0 Å². The van der Waals surface area contributed by atoms with Crippen LogP contribution in [0.2, 0.25) is 0 Å². The van der Waals surface area contributed by atoms with Crippen LogP contribution in [0.5, 0.6) is 5.75 Å². The molecule has 1 aliphatic carbocycles. The molecule has 1 heterocycles. The molecule has 0 radical (unpaired) electrons. The Bertz CT molecular complexity index is 514. The highest BCUT2D eigenvalue weighted by Crippen LogP contribution is 2.44. The van der Waals surface area contributed by atoms with E-state index in [2.05, 4.69) is 16.7 Å². The topological polar surface area (TPSA) is 59.6 Å². The normalized spacial score (nSPS) is 26.5. The first-order valence-corrected chi connectivity index (χ1v) is 8.07. The largest absolute Gasteiger partial charge is 0.496 e. The molecule has 5 nitrogen and oxygen atoms in total. The van der Waals surface area contributed by atoms with E-state index in [4.69, 9.17) is 9.47 Å². The van der Waals surface area contributed by atoms with Gasteiger partial charge in [-0.15, -0.1) is 0 Å². The molecular weight excluding hydrogens is 280 g/mol. The number of amides is 2. The third-order valence-corrected chi connectivity index (χ3v) is 4.42. The van der Waals surface area contributed by atoms with Gasteiger partial charge in [0.1, 0.15) is 5.75 Å². The van der Waals surface area contributed by atoms with E-state index in [1.807, 2.05) is 18.2 Å². The maximum Gasteiger partial charge on any atom is 0.315 e. The average molecular weight is 304 g/mol. The van der Waals surface area contributed by atoms with Gasteiger partial charge in [0.15, 0.2) is 0 Å². The number of carbonyl (C=O) groups excluding carboxylic acids is 1. The van der Waals surface area contributed by atoms with Crippen LogP contribution in [0, 0.1) is 0 Å². The third-order valence-electron chi connectivity index (χ3n) is 4.42. The van der Waals surface area contributed by atoms with Gasteiger partial charge in [0, 0.05) is 25.1 Å². The van der Waals surface area contributed by atoms with Crippen molar-refractivity contribution in [2.24, 2.45) is 0 Å². The van der Waals surface area contributed by atoms with Crippen molar-refractivity contribution in [3.05, 3.63) is 29.8 Å². The average Bonchev–Trinajstić information content (AvgIpc) is 3.08. The maximum absolute atomic E-state index is 11.9. The summed E-state index contributed by atoms with van der Waals surface area (Å²) in [4.78, 5) is 11.9. The molecule has 0 spiro atoms. The summed E-state index contributed by atoms with van der Waals surface area (Å²) >= 11 is 0. The number of ether oxygens (including phenoxy) is 2. The Kier molecular flexibility index (Phi) is 4.83. The van der Waals surface area contributed by atoms with E-state index < -0.39 is 0 Å². The third kappa shape index (κ3) is 3.71. The molecule has 3 atom stereocenters. The van der Waals surface area contributed by atoms with E-state index in [1.54, 1.807) is 7.11 Å². The molecule has 1 aliphatic heterocycles. The van der Waals surface area contributed by atoms with Crippen molar-refractivity contribution in [3.8, 4) is 5.75 Å². The second-order valence-corrected chi connectivity index (χ2v) is 6.01. The molecule has 2 aliphatic rings. The molecule has 0 unspecified atom stereocenters. The number of para-hydroxylation sites is 1. The maximum atomic E-state index is 11.9. The number of carbonyl (C=O) groups is 1. The van der Waals surface area contributed by atoms with Gasteiger partial charge in [-0.05, 0) is 37.3 Å². The predicted molar refractivity (Wildman–Crippen MR) is 84.3 cm³/mol. The molecule has 2 N–H and O–H groups in total. The van der Waals surface area contributed by atoms with E-state index >= 15 is 0 Å². The summed E-state index contributed by atoms with van der Waals surface area (Å²) in [5.41, 5.74) is 1.18. The SMILES string of the molecule is COc1ccccc1[C@@H]1C[C@@H]1NC(=O)NCC[C@@H]1CCCO1. The lowest BCUT2D eigenvalue weighted by Crippen LogP contribution is -2.38. The summed E-state index contributed by atoms with van der Waals surface area (Å²) in [6, 6.07) is 8.13. The molecule has 1 aromatic rings. The molecule has 2 amide bonds. The number of rotatable bonds is 6. The number of urea groups is 1. The Labute approximate surface area is 131 Å². The fourth-order valence-corrected chi connectivity index (χ4v) is 3.11. The van der Waals surface area contributed by atoms with Gasteiger partial charge in [-0.25, -0.2) is 4.79 Å². The standard InChI is InChI=1S/C17H24N2O3/c1-21-16-7-3-2-6-13(16)14-11-15(14)19-17(20)18-9-8-12-5-4-10-22-12/h2-3,6-7,12,14-15H,4-5,8-11H2,1H3,(H2,18,19,20)/t12-,14-,15-/m0/s1. The van der Waals surface area contributed by atoms with E-state index in [1.165, 1.54) is 5.56 Å². The summed E-state index contributed by atoms with van der Waals surface area (Å²) in [6.07, 6.45) is 4.44. The van der Waals surface area contributed by atoms with Crippen LogP contribution in [0.4, 0.5) is 4.79 Å². The number of methoxy groups -OCH3 is 1. The zero-order chi connectivity index (χ0) is 15.4. The Morgan fingerprint density at radius 3 is 3.05 bits per heavy atom. The molecule has 0 bridgehead atoms. The number of nitrogens with one attached hydrogen (secondary N) is 2. The van der Waals surface area contributed by atoms with E-state index in [9.17, 15) is 4.79 Å². The smallest absolute Gasteiger partial charge is 0.315 e. The van der Waals surface area contributed by atoms with Crippen molar-refractivity contribution >= 4 is 6.03 Å². The van der Waals surface area contributed by atoms with Gasteiger partial charge in [0.25, 0.3) is 0 Å². The van der Waals surface area contributed by atoms with Crippen molar-refractivity contribution in [1.82, 2.24) is 10.6 Å². The van der Waals surface area contributed by atoms with E-state index in [0.717, 1.165) is 38.0 Å². The van der Waals surface area contributed by atoms with Crippen molar-refractivity contribution < 1.29 is 14.3 Å². The minimum absolute atomic E-state index is 0.0830. The molecule has 1 saturated carbocycles. The van der Waals surface area contributed by atoms with Crippen molar-refractivity contribution in [3.63, 3.8) is 0 Å². The van der Waals surface area contributed by atoms with Crippen LogP contribution in [0.15, 0.2) is 24.3 Å². The second-order valence-electron chi connectivity index (χ2n) is 6.01. The summed E-state index contributed by atoms with van der Waals surface area (Å²) in [7, 11) is 1.68. The molecular formula is C17H24N2O3. The Morgan fingerprint density at radius 1 is 1.41 bits per heavy atom. The van der Waals surface area contributed by atoms with Gasteiger partial charge < -0.3 is 20.1 Å². The summed E-state index contributed by atoms with van der Waals surface area (Å²) in [5.74, 6) is 1.26. The molecule has 3 rings (SSSR count). The van der Waals surface area contributed by atoms with Gasteiger partial charge in [-0.2, -0.15) is 0 Å². The highest BCUT2D eigenvalue weighted by Gasteiger charge is 2.41. The van der Waals surface area contributed by atoms with Crippen LogP contribution < -0.4 is 15.4 Å². The quantitative estimate of drug-likeness (QED) is 0.848. The molecule has 0 aromatic heterocycles. The van der Waals surface area contributed by atoms with Crippen molar-refractivity contribution in [2.75, 3.05) is 20.3 Å². The Morgan fingerprint density at radius 2 is 2.27 bits per heavy atom. The fraction of sp³-hybridized carbons (Fsp3) is 0.588. The lowest BCUT2D eigenvalue weighted by Gasteiger charge is -2.11. The van der Waals surface area contributed by atoms with Crippen LogP contribution in [0.1, 0.15) is 37.2 Å². The Balaban J connectivity index is 1.40. The summed E-state index contributed by atoms with van der Waals surface area (Å²) in [6.45, 7) is 1.53. The molecule has 120 valence electrons. The van der Waals surface area contributed by atoms with E-state index in [0.29, 0.717) is 18.6 Å². The van der Waals surface area contributed by atoms with Gasteiger partial charge in [-0.1, -0.05) is 18.2 Å². The minimum Gasteiger partial charge on any atom is -0.496 e. The number of hydrogen-bond donors (Lipinski definition) is 2. The second kappa shape index (κ2) is 7.01. The zero-order valence-electron chi connectivity index (χ0n) is 13.0. The fourth-order valence-electron chi connectivity index (χ4n) is 3.11. The molecule has 1 aromatic carbocycles. The molecule has 1 saturated heterocycles.